The zero-order valence-electron chi connectivity index (χ0n) is 9.38. The van der Waals surface area contributed by atoms with Crippen LogP contribution in [0.5, 0.6) is 0 Å². The average Bonchev–Trinajstić information content (AvgIpc) is 2.75. The second kappa shape index (κ2) is 5.05. The lowest BCUT2D eigenvalue weighted by atomic mass is 10.2. The Morgan fingerprint density at radius 2 is 2.29 bits per heavy atom. The Kier molecular flexibility index (Phi) is 3.49. The van der Waals surface area contributed by atoms with Crippen LogP contribution >= 0.6 is 11.3 Å². The van der Waals surface area contributed by atoms with Gasteiger partial charge >= 0.3 is 5.97 Å². The summed E-state index contributed by atoms with van der Waals surface area (Å²) in [6.45, 7) is 2.02. The zero-order valence-corrected chi connectivity index (χ0v) is 10.2. The summed E-state index contributed by atoms with van der Waals surface area (Å²) in [5, 5.41) is 9.75. The molecule has 0 spiro atoms. The van der Waals surface area contributed by atoms with Crippen molar-refractivity contribution in [1.29, 1.82) is 0 Å². The van der Waals surface area contributed by atoms with Gasteiger partial charge in [0.25, 0.3) is 0 Å². The van der Waals surface area contributed by atoms with Crippen molar-refractivity contribution in [2.75, 3.05) is 0 Å². The van der Waals surface area contributed by atoms with Crippen LogP contribution in [0.15, 0.2) is 24.4 Å². The molecule has 0 aromatic carbocycles. The monoisotopic (exact) mass is 248 g/mol. The van der Waals surface area contributed by atoms with E-state index in [0.29, 0.717) is 5.01 Å². The van der Waals surface area contributed by atoms with Crippen LogP contribution < -0.4 is 0 Å². The fraction of sp³-hybridized carbons (Fsp3) is 0.250. The molecular weight excluding hydrogens is 236 g/mol. The molecule has 88 valence electrons. The number of rotatable bonds is 4. The molecule has 0 fully saturated rings. The van der Waals surface area contributed by atoms with Gasteiger partial charge in [-0.3, -0.25) is 4.98 Å². The van der Waals surface area contributed by atoms with Gasteiger partial charge in [0.15, 0.2) is 5.69 Å². The lowest BCUT2D eigenvalue weighted by Crippen LogP contribution is -2.00. The number of aromatic carboxylic acids is 1. The van der Waals surface area contributed by atoms with E-state index in [1.807, 2.05) is 25.1 Å². The number of nitrogens with zero attached hydrogens (tertiary/aromatic N) is 2. The van der Waals surface area contributed by atoms with Crippen molar-refractivity contribution in [1.82, 2.24) is 9.97 Å². The molecule has 0 aliphatic heterocycles. The molecule has 5 heteroatoms. The Morgan fingerprint density at radius 3 is 2.88 bits per heavy atom. The summed E-state index contributed by atoms with van der Waals surface area (Å²) in [6, 6.07) is 5.52. The zero-order chi connectivity index (χ0) is 12.3. The normalized spacial score (nSPS) is 10.4. The fourth-order valence-electron chi connectivity index (χ4n) is 1.51. The first-order valence-corrected chi connectivity index (χ1v) is 6.18. The highest BCUT2D eigenvalue weighted by atomic mass is 32.1. The largest absolute Gasteiger partial charge is 0.476 e. The molecule has 0 saturated heterocycles. The van der Waals surface area contributed by atoms with E-state index in [4.69, 9.17) is 5.11 Å². The summed E-state index contributed by atoms with van der Waals surface area (Å²) in [4.78, 5) is 20.2. The smallest absolute Gasteiger partial charge is 0.355 e. The van der Waals surface area contributed by atoms with E-state index in [2.05, 4.69) is 9.97 Å². The highest BCUT2D eigenvalue weighted by Crippen LogP contribution is 2.27. The fourth-order valence-corrected chi connectivity index (χ4v) is 2.65. The van der Waals surface area contributed by atoms with Crippen LogP contribution in [0.1, 0.15) is 28.7 Å². The van der Waals surface area contributed by atoms with Gasteiger partial charge in [-0.1, -0.05) is 19.4 Å². The van der Waals surface area contributed by atoms with E-state index in [0.717, 1.165) is 23.4 Å². The van der Waals surface area contributed by atoms with Crippen molar-refractivity contribution in [2.24, 2.45) is 0 Å². The van der Waals surface area contributed by atoms with Gasteiger partial charge in [-0.2, -0.15) is 0 Å². The van der Waals surface area contributed by atoms with Crippen LogP contribution in [0.25, 0.3) is 10.7 Å². The number of hydrogen-bond acceptors (Lipinski definition) is 4. The maximum Gasteiger partial charge on any atom is 0.355 e. The molecule has 17 heavy (non-hydrogen) atoms. The minimum absolute atomic E-state index is 0.164. The van der Waals surface area contributed by atoms with E-state index in [9.17, 15) is 4.79 Å². The van der Waals surface area contributed by atoms with Crippen molar-refractivity contribution in [3.05, 3.63) is 35.0 Å². The minimum atomic E-state index is -0.966. The van der Waals surface area contributed by atoms with E-state index >= 15 is 0 Å². The minimum Gasteiger partial charge on any atom is -0.476 e. The van der Waals surface area contributed by atoms with Crippen LogP contribution in [-0.2, 0) is 6.42 Å². The number of aryl methyl sites for hydroxylation is 1. The summed E-state index contributed by atoms with van der Waals surface area (Å²) in [7, 11) is 0. The van der Waals surface area contributed by atoms with Gasteiger partial charge in [0, 0.05) is 11.1 Å². The van der Waals surface area contributed by atoms with E-state index in [-0.39, 0.29) is 5.69 Å². The van der Waals surface area contributed by atoms with Gasteiger partial charge in [-0.05, 0) is 18.6 Å². The van der Waals surface area contributed by atoms with Gasteiger partial charge in [0.1, 0.15) is 5.01 Å². The van der Waals surface area contributed by atoms with Gasteiger partial charge in [0.05, 0.1) is 5.69 Å². The lowest BCUT2D eigenvalue weighted by molar-refractivity contribution is 0.0690. The van der Waals surface area contributed by atoms with Crippen molar-refractivity contribution in [3.63, 3.8) is 0 Å². The molecule has 0 radical (unpaired) electrons. The molecule has 1 N–H and O–H groups in total. The summed E-state index contributed by atoms with van der Waals surface area (Å²) in [6.07, 6.45) is 3.33. The highest BCUT2D eigenvalue weighted by Gasteiger charge is 2.17. The van der Waals surface area contributed by atoms with Crippen molar-refractivity contribution in [2.45, 2.75) is 19.8 Å². The van der Waals surface area contributed by atoms with Crippen LogP contribution in [0.2, 0.25) is 0 Å². The van der Waals surface area contributed by atoms with Gasteiger partial charge in [0.2, 0.25) is 0 Å². The number of hydrogen-bond donors (Lipinski definition) is 1. The summed E-state index contributed by atoms with van der Waals surface area (Å²) >= 11 is 1.41. The first-order chi connectivity index (χ1) is 8.22. The first kappa shape index (κ1) is 11.7. The standard InChI is InChI=1S/C12H12N2O2S/c1-2-5-9-10(12(15)16)14-11(17-9)8-6-3-4-7-13-8/h3-4,6-7H,2,5H2,1H3,(H,15,16). The molecular formula is C12H12N2O2S. The highest BCUT2D eigenvalue weighted by molar-refractivity contribution is 7.15. The third-order valence-corrected chi connectivity index (χ3v) is 3.40. The van der Waals surface area contributed by atoms with E-state index in [1.54, 1.807) is 6.20 Å². The van der Waals surface area contributed by atoms with Crippen LogP contribution in [-0.4, -0.2) is 21.0 Å². The van der Waals surface area contributed by atoms with E-state index in [1.165, 1.54) is 11.3 Å². The molecule has 0 aliphatic rings. The third kappa shape index (κ3) is 2.50. The van der Waals surface area contributed by atoms with Crippen LogP contribution in [0.4, 0.5) is 0 Å². The molecule has 0 unspecified atom stereocenters. The molecule has 2 aromatic heterocycles. The predicted molar refractivity (Wildman–Crippen MR) is 66.3 cm³/mol. The third-order valence-electron chi connectivity index (χ3n) is 2.26. The summed E-state index contributed by atoms with van der Waals surface area (Å²) in [5.41, 5.74) is 0.889. The number of carbonyl (C=O) groups is 1. The molecule has 2 aromatic rings. The van der Waals surface area contributed by atoms with Crippen LogP contribution in [0, 0.1) is 0 Å². The summed E-state index contributed by atoms with van der Waals surface area (Å²) in [5.74, 6) is -0.966. The number of pyridine rings is 1. The van der Waals surface area contributed by atoms with Crippen LogP contribution in [0.3, 0.4) is 0 Å². The van der Waals surface area contributed by atoms with E-state index < -0.39 is 5.97 Å². The van der Waals surface area contributed by atoms with Crippen molar-refractivity contribution < 1.29 is 9.90 Å². The Bertz CT molecular complexity index is 523. The number of carboxylic acids is 1. The molecule has 2 rings (SSSR count). The van der Waals surface area contributed by atoms with Gasteiger partial charge < -0.3 is 5.11 Å². The van der Waals surface area contributed by atoms with Gasteiger partial charge in [-0.25, -0.2) is 9.78 Å². The second-order valence-corrected chi connectivity index (χ2v) is 4.64. The Hall–Kier alpha value is -1.75. The molecule has 0 bridgehead atoms. The Morgan fingerprint density at radius 1 is 1.47 bits per heavy atom. The maximum absolute atomic E-state index is 11.1. The number of carboxylic acid groups (broad SMARTS) is 1. The molecule has 0 saturated carbocycles. The molecule has 2 heterocycles. The van der Waals surface area contributed by atoms with Crippen molar-refractivity contribution in [3.8, 4) is 10.7 Å². The second-order valence-electron chi connectivity index (χ2n) is 3.56. The quantitative estimate of drug-likeness (QED) is 0.903. The first-order valence-electron chi connectivity index (χ1n) is 5.36. The molecule has 0 aliphatic carbocycles. The molecule has 4 nitrogen and oxygen atoms in total. The molecule has 0 amide bonds. The van der Waals surface area contributed by atoms with Crippen molar-refractivity contribution >= 4 is 17.3 Å². The maximum atomic E-state index is 11.1. The summed E-state index contributed by atoms with van der Waals surface area (Å²) < 4.78 is 0. The van der Waals surface area contributed by atoms with Gasteiger partial charge in [-0.15, -0.1) is 11.3 Å². The molecule has 0 atom stereocenters. The topological polar surface area (TPSA) is 63.1 Å². The Balaban J connectivity index is 2.44. The lowest BCUT2D eigenvalue weighted by Gasteiger charge is -1.92. The predicted octanol–water partition coefficient (Wildman–Crippen LogP) is 2.86. The number of thiazole rings is 1. The Labute approximate surface area is 103 Å². The SMILES string of the molecule is CCCc1sc(-c2ccccn2)nc1C(=O)O. The average molecular weight is 248 g/mol. The number of aromatic nitrogens is 2.